The number of anilines is 1. The van der Waals surface area contributed by atoms with Crippen LogP contribution >= 0.6 is 11.6 Å². The van der Waals surface area contributed by atoms with Crippen LogP contribution in [0, 0.1) is 5.92 Å². The van der Waals surface area contributed by atoms with E-state index in [9.17, 15) is 4.79 Å². The van der Waals surface area contributed by atoms with Crippen LogP contribution in [0.2, 0.25) is 5.02 Å². The van der Waals surface area contributed by atoms with Gasteiger partial charge in [0.15, 0.2) is 0 Å². The number of rotatable bonds is 4. The molecule has 1 aliphatic rings. The van der Waals surface area contributed by atoms with Crippen molar-refractivity contribution >= 4 is 23.2 Å². The Labute approximate surface area is 152 Å². The highest BCUT2D eigenvalue weighted by Crippen LogP contribution is 2.59. The minimum absolute atomic E-state index is 0.0370. The number of carbonyl (C=O) groups excluding carboxylic acids is 1. The van der Waals surface area contributed by atoms with E-state index in [-0.39, 0.29) is 17.2 Å². The van der Waals surface area contributed by atoms with E-state index in [1.165, 1.54) is 11.1 Å². The summed E-state index contributed by atoms with van der Waals surface area (Å²) in [4.78, 5) is 12.9. The second-order valence-corrected chi connectivity index (χ2v) is 6.90. The quantitative estimate of drug-likeness (QED) is 0.683. The zero-order chi connectivity index (χ0) is 17.3. The molecule has 1 amide bonds. The summed E-state index contributed by atoms with van der Waals surface area (Å²) < 4.78 is 0. The van der Waals surface area contributed by atoms with E-state index in [1.807, 2.05) is 48.5 Å². The van der Waals surface area contributed by atoms with Crippen LogP contribution in [0.4, 0.5) is 5.69 Å². The topological polar surface area (TPSA) is 29.1 Å². The molecule has 0 radical (unpaired) electrons. The summed E-state index contributed by atoms with van der Waals surface area (Å²) in [6.45, 7) is 0. The Morgan fingerprint density at radius 2 is 1.48 bits per heavy atom. The predicted molar refractivity (Wildman–Crippen MR) is 102 cm³/mol. The fraction of sp³-hybridized carbons (Fsp3) is 0.136. The van der Waals surface area contributed by atoms with Gasteiger partial charge >= 0.3 is 0 Å². The molecule has 3 heteroatoms. The first-order chi connectivity index (χ1) is 12.2. The molecule has 0 aromatic heterocycles. The zero-order valence-corrected chi connectivity index (χ0v) is 14.4. The molecule has 0 spiro atoms. The maximum atomic E-state index is 12.9. The second-order valence-electron chi connectivity index (χ2n) is 6.46. The average molecular weight is 348 g/mol. The third kappa shape index (κ3) is 2.94. The van der Waals surface area contributed by atoms with Gasteiger partial charge in [-0.2, -0.15) is 0 Å². The minimum Gasteiger partial charge on any atom is -0.326 e. The molecule has 0 heterocycles. The lowest BCUT2D eigenvalue weighted by Crippen LogP contribution is -2.22. The Morgan fingerprint density at radius 1 is 0.880 bits per heavy atom. The normalized spacial score (nSPS) is 17.7. The van der Waals surface area contributed by atoms with E-state index in [0.29, 0.717) is 5.02 Å². The van der Waals surface area contributed by atoms with Gasteiger partial charge in [0.2, 0.25) is 5.91 Å². The number of halogens is 1. The van der Waals surface area contributed by atoms with Crippen molar-refractivity contribution in [2.24, 2.45) is 5.92 Å². The van der Waals surface area contributed by atoms with E-state index >= 15 is 0 Å². The molecule has 0 saturated heterocycles. The lowest BCUT2D eigenvalue weighted by atomic mass is 9.85. The number of carbonyl (C=O) groups is 1. The highest BCUT2D eigenvalue weighted by atomic mass is 35.5. The van der Waals surface area contributed by atoms with Gasteiger partial charge in [-0.05, 0) is 35.7 Å². The van der Waals surface area contributed by atoms with Crippen LogP contribution in [0.15, 0.2) is 84.9 Å². The smallest absolute Gasteiger partial charge is 0.228 e. The molecule has 1 N–H and O–H groups in total. The molecule has 1 saturated carbocycles. The first-order valence-corrected chi connectivity index (χ1v) is 8.75. The molecule has 4 rings (SSSR count). The first kappa shape index (κ1) is 15.9. The van der Waals surface area contributed by atoms with Gasteiger partial charge < -0.3 is 5.32 Å². The maximum absolute atomic E-state index is 12.9. The highest BCUT2D eigenvalue weighted by molar-refractivity contribution is 6.30. The molecule has 25 heavy (non-hydrogen) atoms. The van der Waals surface area contributed by atoms with Crippen molar-refractivity contribution in [3.63, 3.8) is 0 Å². The number of amides is 1. The van der Waals surface area contributed by atoms with Crippen molar-refractivity contribution < 1.29 is 4.79 Å². The van der Waals surface area contributed by atoms with E-state index in [4.69, 9.17) is 11.6 Å². The van der Waals surface area contributed by atoms with Gasteiger partial charge in [0.05, 0.1) is 5.92 Å². The van der Waals surface area contributed by atoms with Crippen LogP contribution in [0.1, 0.15) is 17.5 Å². The van der Waals surface area contributed by atoms with Crippen LogP contribution in [0.3, 0.4) is 0 Å². The van der Waals surface area contributed by atoms with Crippen LogP contribution < -0.4 is 5.32 Å². The zero-order valence-electron chi connectivity index (χ0n) is 13.7. The van der Waals surface area contributed by atoms with Crippen molar-refractivity contribution in [1.82, 2.24) is 0 Å². The summed E-state index contributed by atoms with van der Waals surface area (Å²) in [6, 6.07) is 27.9. The molecule has 0 unspecified atom stereocenters. The molecule has 1 fully saturated rings. The van der Waals surface area contributed by atoms with E-state index in [2.05, 4.69) is 29.6 Å². The van der Waals surface area contributed by atoms with Crippen LogP contribution in [0.25, 0.3) is 0 Å². The summed E-state index contributed by atoms with van der Waals surface area (Å²) in [5.41, 5.74) is 2.87. The van der Waals surface area contributed by atoms with Gasteiger partial charge in [-0.25, -0.2) is 0 Å². The number of hydrogen-bond acceptors (Lipinski definition) is 1. The summed E-state index contributed by atoms with van der Waals surface area (Å²) in [7, 11) is 0. The number of benzene rings is 3. The predicted octanol–water partition coefficient (Wildman–Crippen LogP) is 5.28. The minimum atomic E-state index is -0.245. The Morgan fingerprint density at radius 3 is 2.04 bits per heavy atom. The molecule has 3 aromatic carbocycles. The summed E-state index contributed by atoms with van der Waals surface area (Å²) in [6.07, 6.45) is 0.813. The maximum Gasteiger partial charge on any atom is 0.228 e. The lowest BCUT2D eigenvalue weighted by molar-refractivity contribution is -0.117. The Hall–Kier alpha value is -2.58. The molecule has 124 valence electrons. The highest BCUT2D eigenvalue weighted by Gasteiger charge is 2.60. The standard InChI is InChI=1S/C22H18ClNO/c23-18-12-7-13-19(14-18)24-21(25)20-15-22(20,16-8-3-1-4-9-16)17-10-5-2-6-11-17/h1-14,20H,15H2,(H,24,25)/t20-/m0/s1. The van der Waals surface area contributed by atoms with E-state index in [0.717, 1.165) is 12.1 Å². The number of nitrogens with one attached hydrogen (secondary N) is 1. The van der Waals surface area contributed by atoms with Crippen LogP contribution in [0.5, 0.6) is 0 Å². The van der Waals surface area contributed by atoms with Gasteiger partial charge in [0, 0.05) is 16.1 Å². The van der Waals surface area contributed by atoms with Crippen molar-refractivity contribution in [1.29, 1.82) is 0 Å². The molecule has 0 bridgehead atoms. The van der Waals surface area contributed by atoms with Crippen LogP contribution in [-0.2, 0) is 10.2 Å². The van der Waals surface area contributed by atoms with Gasteiger partial charge in [0.1, 0.15) is 0 Å². The molecular weight excluding hydrogens is 330 g/mol. The van der Waals surface area contributed by atoms with E-state index < -0.39 is 0 Å². The third-order valence-electron chi connectivity index (χ3n) is 4.95. The molecule has 1 atom stereocenters. The molecule has 2 nitrogen and oxygen atoms in total. The fourth-order valence-corrected chi connectivity index (χ4v) is 3.84. The van der Waals surface area contributed by atoms with Crippen molar-refractivity contribution in [2.75, 3.05) is 5.32 Å². The third-order valence-corrected chi connectivity index (χ3v) is 5.18. The summed E-state index contributed by atoms with van der Waals surface area (Å²) in [5, 5.41) is 3.63. The second kappa shape index (κ2) is 6.38. The van der Waals surface area contributed by atoms with E-state index in [1.54, 1.807) is 12.1 Å². The van der Waals surface area contributed by atoms with Crippen molar-refractivity contribution in [3.8, 4) is 0 Å². The molecule has 3 aromatic rings. The molecule has 1 aliphatic carbocycles. The van der Waals surface area contributed by atoms with Gasteiger partial charge in [0.25, 0.3) is 0 Å². The summed E-state index contributed by atoms with van der Waals surface area (Å²) in [5.74, 6) is -0.0498. The Bertz CT molecular complexity index is 853. The van der Waals surface area contributed by atoms with Gasteiger partial charge in [-0.1, -0.05) is 78.3 Å². The number of hydrogen-bond donors (Lipinski definition) is 1. The van der Waals surface area contributed by atoms with Crippen molar-refractivity contribution in [3.05, 3.63) is 101 Å². The van der Waals surface area contributed by atoms with Gasteiger partial charge in [-0.3, -0.25) is 4.79 Å². The first-order valence-electron chi connectivity index (χ1n) is 8.37. The molecule has 0 aliphatic heterocycles. The SMILES string of the molecule is O=C(Nc1cccc(Cl)c1)[C@@H]1CC1(c1ccccc1)c1ccccc1. The lowest BCUT2D eigenvalue weighted by Gasteiger charge is -2.19. The Balaban J connectivity index is 1.65. The Kier molecular flexibility index (Phi) is 4.06. The summed E-state index contributed by atoms with van der Waals surface area (Å²) >= 11 is 6.02. The average Bonchev–Trinajstić information content (AvgIpc) is 3.40. The monoisotopic (exact) mass is 347 g/mol. The van der Waals surface area contributed by atoms with Crippen molar-refractivity contribution in [2.45, 2.75) is 11.8 Å². The largest absolute Gasteiger partial charge is 0.326 e. The van der Waals surface area contributed by atoms with Gasteiger partial charge in [-0.15, -0.1) is 0 Å². The fourth-order valence-electron chi connectivity index (χ4n) is 3.65. The van der Waals surface area contributed by atoms with Crippen LogP contribution in [-0.4, -0.2) is 5.91 Å². The molecular formula is C22H18ClNO.